The Morgan fingerprint density at radius 2 is 1.21 bits per heavy atom. The summed E-state index contributed by atoms with van der Waals surface area (Å²) in [6.07, 6.45) is 0. The average Bonchev–Trinajstić information content (AvgIpc) is 3.33. The topological polar surface area (TPSA) is 93.1 Å². The summed E-state index contributed by atoms with van der Waals surface area (Å²) in [4.78, 5) is 10.9. The molecule has 29 heavy (non-hydrogen) atoms. The third kappa shape index (κ3) is 3.38. The first-order chi connectivity index (χ1) is 14.2. The lowest BCUT2D eigenvalue weighted by Crippen LogP contribution is -2.55. The number of rotatable bonds is 5. The van der Waals surface area contributed by atoms with Crippen molar-refractivity contribution in [2.75, 3.05) is 18.0 Å². The van der Waals surface area contributed by atoms with Gasteiger partial charge in [-0.1, -0.05) is 10.3 Å². The second kappa shape index (κ2) is 7.14. The Balaban J connectivity index is 1.44. The number of nitrogens with zero attached hydrogens (tertiary/aromatic N) is 5. The maximum atomic E-state index is 5.08. The number of hydrogen-bond donors (Lipinski definition) is 1. The third-order valence-electron chi connectivity index (χ3n) is 4.99. The van der Waals surface area contributed by atoms with Gasteiger partial charge < -0.3 is 19.3 Å². The summed E-state index contributed by atoms with van der Waals surface area (Å²) in [7, 11) is 0. The Kier molecular flexibility index (Phi) is 4.33. The fraction of sp³-hybridized carbons (Fsp3) is 0.238. The van der Waals surface area contributed by atoms with Crippen molar-refractivity contribution in [3.05, 3.63) is 60.3 Å². The van der Waals surface area contributed by atoms with Crippen LogP contribution in [0.1, 0.15) is 11.8 Å². The summed E-state index contributed by atoms with van der Waals surface area (Å²) >= 11 is 0. The molecule has 0 saturated carbocycles. The number of anilines is 2. The van der Waals surface area contributed by atoms with Crippen molar-refractivity contribution in [1.29, 1.82) is 0 Å². The molecule has 0 bridgehead atoms. The molecule has 0 amide bonds. The molecule has 1 N–H and O–H groups in total. The number of aryl methyl sites for hydroxylation is 2. The number of nitrogens with one attached hydrogen (secondary N) is 1. The average molecular weight is 388 g/mol. The van der Waals surface area contributed by atoms with Crippen LogP contribution in [0.4, 0.5) is 11.4 Å². The predicted molar refractivity (Wildman–Crippen MR) is 108 cm³/mol. The quantitative estimate of drug-likeness (QED) is 0.555. The lowest BCUT2D eigenvalue weighted by Gasteiger charge is -2.40. The van der Waals surface area contributed by atoms with Crippen molar-refractivity contribution in [2.45, 2.75) is 19.9 Å². The number of hydrogen-bond acceptors (Lipinski definition) is 8. The molecule has 0 atom stereocenters. The molecule has 2 aromatic carbocycles. The molecule has 1 fully saturated rings. The Morgan fingerprint density at radius 1 is 0.759 bits per heavy atom. The lowest BCUT2D eigenvalue weighted by molar-refractivity contribution is 0.394. The van der Waals surface area contributed by atoms with E-state index in [0.29, 0.717) is 29.5 Å². The highest BCUT2D eigenvalue weighted by molar-refractivity contribution is 5.70. The van der Waals surface area contributed by atoms with Gasteiger partial charge in [-0.2, -0.15) is 9.97 Å². The molecule has 1 aliphatic rings. The van der Waals surface area contributed by atoms with E-state index in [2.05, 4.69) is 54.8 Å². The second-order valence-electron chi connectivity index (χ2n) is 7.05. The zero-order chi connectivity index (χ0) is 19.8. The van der Waals surface area contributed by atoms with Gasteiger partial charge in [0.1, 0.15) is 0 Å². The van der Waals surface area contributed by atoms with E-state index in [4.69, 9.17) is 9.05 Å². The molecule has 0 aliphatic carbocycles. The molecule has 5 rings (SSSR count). The Morgan fingerprint density at radius 3 is 1.52 bits per heavy atom. The summed E-state index contributed by atoms with van der Waals surface area (Å²) in [5, 5.41) is 11.3. The molecule has 146 valence electrons. The molecule has 2 aromatic heterocycles. The van der Waals surface area contributed by atoms with Crippen molar-refractivity contribution >= 4 is 11.4 Å². The van der Waals surface area contributed by atoms with Crippen LogP contribution in [-0.4, -0.2) is 39.4 Å². The minimum Gasteiger partial charge on any atom is -0.339 e. The normalized spacial score (nSPS) is 14.0. The van der Waals surface area contributed by atoms with Crippen LogP contribution in [0.5, 0.6) is 0 Å². The van der Waals surface area contributed by atoms with E-state index in [-0.39, 0.29) is 0 Å². The summed E-state index contributed by atoms with van der Waals surface area (Å²) in [5.41, 5.74) is 4.09. The first-order valence-electron chi connectivity index (χ1n) is 9.49. The maximum absolute atomic E-state index is 5.08. The highest BCUT2D eigenvalue weighted by atomic mass is 16.5. The maximum Gasteiger partial charge on any atom is 0.223 e. The van der Waals surface area contributed by atoms with Crippen LogP contribution in [-0.2, 0) is 0 Å². The van der Waals surface area contributed by atoms with E-state index in [1.54, 1.807) is 13.8 Å². The van der Waals surface area contributed by atoms with E-state index in [0.717, 1.165) is 35.6 Å². The molecule has 0 unspecified atom stereocenters. The summed E-state index contributed by atoms with van der Waals surface area (Å²) in [5.74, 6) is 2.32. The molecular weight excluding hydrogens is 368 g/mol. The molecule has 8 nitrogen and oxygen atoms in total. The predicted octanol–water partition coefficient (Wildman–Crippen LogP) is 3.51. The molecule has 4 aromatic rings. The van der Waals surface area contributed by atoms with Gasteiger partial charge >= 0.3 is 0 Å². The molecule has 1 saturated heterocycles. The van der Waals surface area contributed by atoms with Crippen molar-refractivity contribution < 1.29 is 9.05 Å². The van der Waals surface area contributed by atoms with Gasteiger partial charge in [-0.3, -0.25) is 0 Å². The Labute approximate surface area is 167 Å². The second-order valence-corrected chi connectivity index (χ2v) is 7.05. The van der Waals surface area contributed by atoms with Gasteiger partial charge in [0, 0.05) is 49.4 Å². The molecule has 8 heteroatoms. The zero-order valence-corrected chi connectivity index (χ0v) is 16.2. The third-order valence-corrected chi connectivity index (χ3v) is 4.99. The van der Waals surface area contributed by atoms with Crippen molar-refractivity contribution in [3.8, 4) is 22.8 Å². The van der Waals surface area contributed by atoms with Crippen LogP contribution in [0.2, 0.25) is 0 Å². The number of aromatic nitrogens is 4. The summed E-state index contributed by atoms with van der Waals surface area (Å²) in [6, 6.07) is 16.9. The fourth-order valence-corrected chi connectivity index (χ4v) is 3.40. The monoisotopic (exact) mass is 388 g/mol. The van der Waals surface area contributed by atoms with Gasteiger partial charge in [-0.05, 0) is 48.5 Å². The van der Waals surface area contributed by atoms with Crippen LogP contribution in [0.25, 0.3) is 22.8 Å². The van der Waals surface area contributed by atoms with Crippen LogP contribution in [0.15, 0.2) is 57.6 Å². The molecule has 3 heterocycles. The summed E-state index contributed by atoms with van der Waals surface area (Å²) < 4.78 is 10.2. The van der Waals surface area contributed by atoms with Gasteiger partial charge in [0.15, 0.2) is 0 Å². The minimum atomic E-state index is 0.395. The molecule has 1 aliphatic heterocycles. The minimum absolute atomic E-state index is 0.395. The first-order valence-corrected chi connectivity index (χ1v) is 9.49. The smallest absolute Gasteiger partial charge is 0.223 e. The van der Waals surface area contributed by atoms with Gasteiger partial charge in [0.25, 0.3) is 0 Å². The van der Waals surface area contributed by atoms with Gasteiger partial charge in [0.05, 0.1) is 6.04 Å². The molecule has 0 radical (unpaired) electrons. The van der Waals surface area contributed by atoms with Crippen LogP contribution in [0.3, 0.4) is 0 Å². The lowest BCUT2D eigenvalue weighted by atomic mass is 10.1. The van der Waals surface area contributed by atoms with Crippen molar-refractivity contribution in [3.63, 3.8) is 0 Å². The van der Waals surface area contributed by atoms with E-state index in [1.165, 1.54) is 0 Å². The zero-order valence-electron chi connectivity index (χ0n) is 16.2. The standard InChI is InChI=1S/C21H20N6O2/c1-13-23-20(25-28-13)15-3-7-17(8-4-15)27(19-11-22-12-19)18-9-5-16(6-10-18)21-24-14(2)29-26-21/h3-10,19,22H,11-12H2,1-2H3. The van der Waals surface area contributed by atoms with Crippen LogP contribution >= 0.6 is 0 Å². The Hall–Kier alpha value is -3.52. The Bertz CT molecular complexity index is 1030. The van der Waals surface area contributed by atoms with E-state index in [9.17, 15) is 0 Å². The van der Waals surface area contributed by atoms with Gasteiger partial charge in [-0.15, -0.1) is 0 Å². The first kappa shape index (κ1) is 17.6. The van der Waals surface area contributed by atoms with Crippen LogP contribution in [0, 0.1) is 13.8 Å². The largest absolute Gasteiger partial charge is 0.339 e. The number of benzene rings is 2. The van der Waals surface area contributed by atoms with Crippen molar-refractivity contribution in [2.24, 2.45) is 0 Å². The highest BCUT2D eigenvalue weighted by Gasteiger charge is 2.26. The van der Waals surface area contributed by atoms with Crippen molar-refractivity contribution in [1.82, 2.24) is 25.6 Å². The van der Waals surface area contributed by atoms with E-state index in [1.807, 2.05) is 24.3 Å². The molecular formula is C21H20N6O2. The van der Waals surface area contributed by atoms with Gasteiger partial charge in [-0.25, -0.2) is 0 Å². The summed E-state index contributed by atoms with van der Waals surface area (Å²) in [6.45, 7) is 5.46. The highest BCUT2D eigenvalue weighted by Crippen LogP contribution is 2.32. The SMILES string of the molecule is Cc1nc(-c2ccc(N(c3ccc(-c4noc(C)n4)cc3)C3CNC3)cc2)no1. The molecule has 0 spiro atoms. The van der Waals surface area contributed by atoms with Crippen LogP contribution < -0.4 is 10.2 Å². The fourth-order valence-electron chi connectivity index (χ4n) is 3.40. The van der Waals surface area contributed by atoms with E-state index >= 15 is 0 Å². The van der Waals surface area contributed by atoms with E-state index < -0.39 is 0 Å². The van der Waals surface area contributed by atoms with Gasteiger partial charge in [0.2, 0.25) is 23.4 Å².